The molecule has 2 saturated heterocycles. The minimum Gasteiger partial charge on any atom is -0.398 e. The number of halogens is 1. The number of benzene rings is 1. The third-order valence-electron chi connectivity index (χ3n) is 9.65. The predicted molar refractivity (Wildman–Crippen MR) is 154 cm³/mol. The first kappa shape index (κ1) is 25.2. The van der Waals surface area contributed by atoms with Gasteiger partial charge in [-0.2, -0.15) is 5.10 Å². The first-order valence-electron chi connectivity index (χ1n) is 13.7. The van der Waals surface area contributed by atoms with Crippen molar-refractivity contribution in [1.29, 1.82) is 5.41 Å². The first-order valence-corrected chi connectivity index (χ1v) is 14.0. The summed E-state index contributed by atoms with van der Waals surface area (Å²) in [5, 5.41) is 14.2. The Bertz CT molecular complexity index is 1370. The smallest absolute Gasteiger partial charge is 0.245 e. The van der Waals surface area contributed by atoms with Crippen molar-refractivity contribution < 1.29 is 4.79 Å². The molecule has 1 amide bonds. The lowest BCUT2D eigenvalue weighted by atomic mass is 9.60. The van der Waals surface area contributed by atoms with Gasteiger partial charge in [0.1, 0.15) is 0 Å². The molecule has 8 heteroatoms. The molecule has 6 rings (SSSR count). The summed E-state index contributed by atoms with van der Waals surface area (Å²) in [5.41, 5.74) is 13.0. The van der Waals surface area contributed by atoms with Crippen molar-refractivity contribution in [3.05, 3.63) is 52.7 Å². The second-order valence-corrected chi connectivity index (χ2v) is 12.5. The van der Waals surface area contributed by atoms with E-state index in [1.807, 2.05) is 17.9 Å². The van der Waals surface area contributed by atoms with E-state index in [1.165, 1.54) is 24.3 Å². The first-order chi connectivity index (χ1) is 18.1. The van der Waals surface area contributed by atoms with E-state index in [1.54, 1.807) is 0 Å². The lowest BCUT2D eigenvalue weighted by molar-refractivity contribution is -0.149. The molecule has 2 aliphatic heterocycles. The number of nitrogens with zero attached hydrogens (tertiary/aromatic N) is 4. The van der Waals surface area contributed by atoms with Crippen LogP contribution in [0.1, 0.15) is 67.8 Å². The molecular weight excluding hydrogens is 496 g/mol. The average Bonchev–Trinajstić information content (AvgIpc) is 3.14. The van der Waals surface area contributed by atoms with E-state index in [2.05, 4.69) is 29.7 Å². The molecule has 4 aliphatic rings. The lowest BCUT2D eigenvalue weighted by Crippen LogP contribution is -2.63. The molecule has 7 nitrogen and oxygen atoms in total. The van der Waals surface area contributed by atoms with E-state index in [0.29, 0.717) is 16.3 Å². The number of likely N-dealkylation sites (tertiary alicyclic amines) is 1. The second-order valence-electron chi connectivity index (χ2n) is 12.1. The number of hydrogen-bond donors (Lipinski definition) is 2. The maximum Gasteiger partial charge on any atom is 0.245 e. The van der Waals surface area contributed by atoms with Crippen molar-refractivity contribution in [1.82, 2.24) is 14.7 Å². The van der Waals surface area contributed by atoms with Gasteiger partial charge in [0.15, 0.2) is 5.82 Å². The van der Waals surface area contributed by atoms with Gasteiger partial charge in [0, 0.05) is 64.9 Å². The molecule has 0 atom stereocenters. The fraction of sp³-hybridized carbons (Fsp3) is 0.500. The van der Waals surface area contributed by atoms with Gasteiger partial charge in [-0.1, -0.05) is 30.3 Å². The molecule has 0 bridgehead atoms. The molecule has 2 saturated carbocycles. The highest BCUT2D eigenvalue weighted by atomic mass is 35.5. The second kappa shape index (κ2) is 8.73. The zero-order valence-electron chi connectivity index (χ0n) is 22.4. The van der Waals surface area contributed by atoms with Crippen LogP contribution in [0.2, 0.25) is 5.02 Å². The summed E-state index contributed by atoms with van der Waals surface area (Å²) in [6.45, 7) is 14.5. The molecular formula is C30H37ClN6O. The number of anilines is 2. The van der Waals surface area contributed by atoms with E-state index in [9.17, 15) is 4.79 Å². The van der Waals surface area contributed by atoms with Crippen LogP contribution >= 0.6 is 11.6 Å². The molecule has 0 unspecified atom stereocenters. The van der Waals surface area contributed by atoms with Gasteiger partial charge in [-0.05, 0) is 76.5 Å². The molecule has 2 spiro atoms. The zero-order chi connectivity index (χ0) is 27.0. The molecule has 2 aromatic rings. The fourth-order valence-electron chi connectivity index (χ4n) is 7.51. The van der Waals surface area contributed by atoms with E-state index >= 15 is 0 Å². The third-order valence-corrected chi connectivity index (χ3v) is 10.1. The van der Waals surface area contributed by atoms with Crippen LogP contribution in [0.25, 0.3) is 11.1 Å². The number of piperidine rings is 1. The number of aromatic nitrogens is 2. The van der Waals surface area contributed by atoms with Crippen LogP contribution in [0.15, 0.2) is 30.9 Å². The van der Waals surface area contributed by atoms with Crippen molar-refractivity contribution >= 4 is 35.2 Å². The van der Waals surface area contributed by atoms with Crippen LogP contribution in [0.5, 0.6) is 0 Å². The Balaban J connectivity index is 1.44. The van der Waals surface area contributed by atoms with Gasteiger partial charge >= 0.3 is 0 Å². The van der Waals surface area contributed by atoms with Crippen LogP contribution in [0.4, 0.5) is 11.5 Å². The average molecular weight is 533 g/mol. The number of carbonyl (C=O) groups excluding carboxylic acids is 1. The zero-order valence-corrected chi connectivity index (χ0v) is 23.2. The summed E-state index contributed by atoms with van der Waals surface area (Å²) < 4.78 is 2.20. The third kappa shape index (κ3) is 3.58. The monoisotopic (exact) mass is 532 g/mol. The van der Waals surface area contributed by atoms with E-state index < -0.39 is 0 Å². The summed E-state index contributed by atoms with van der Waals surface area (Å²) in [5.74, 6) is 0.977. The Morgan fingerprint density at radius 1 is 1.26 bits per heavy atom. The molecule has 200 valence electrons. The van der Waals surface area contributed by atoms with E-state index in [0.717, 1.165) is 86.4 Å². The quantitative estimate of drug-likeness (QED) is 0.219. The van der Waals surface area contributed by atoms with Crippen LogP contribution in [0.3, 0.4) is 0 Å². The normalized spacial score (nSPS) is 21.7. The number of nitrogens with two attached hydrogens (primary N) is 1. The summed E-state index contributed by atoms with van der Waals surface area (Å²) in [7, 11) is 0. The number of carbonyl (C=O) groups is 1. The minimum atomic E-state index is 0.0160. The van der Waals surface area contributed by atoms with E-state index in [-0.39, 0.29) is 22.9 Å². The predicted octanol–water partition coefficient (Wildman–Crippen LogP) is 5.83. The van der Waals surface area contributed by atoms with Gasteiger partial charge in [0.05, 0.1) is 11.1 Å². The molecule has 38 heavy (non-hydrogen) atoms. The standard InChI is InChI=1S/C30H37ClN6O/c1-5-24(38)35-16-29(17-35)13-21(14-29)37-20(4)25(26-22(15-32)23(33)11-19(3)27(26)31)28(34-37)36-10-7-18(2)12-30(36)8-6-9-30/h5,11,15,21,32H,1-2,6-10,12-14,16-17,33H2,3-4H3. The largest absolute Gasteiger partial charge is 0.398 e. The highest BCUT2D eigenvalue weighted by Crippen LogP contribution is 2.56. The summed E-state index contributed by atoms with van der Waals surface area (Å²) >= 11 is 7.01. The highest BCUT2D eigenvalue weighted by molar-refractivity contribution is 6.35. The van der Waals surface area contributed by atoms with Crippen molar-refractivity contribution in [3.8, 4) is 11.1 Å². The van der Waals surface area contributed by atoms with Crippen molar-refractivity contribution in [2.75, 3.05) is 30.3 Å². The molecule has 2 aliphatic carbocycles. The lowest BCUT2D eigenvalue weighted by Gasteiger charge is -2.58. The summed E-state index contributed by atoms with van der Waals surface area (Å²) in [6, 6.07) is 2.12. The highest BCUT2D eigenvalue weighted by Gasteiger charge is 2.55. The fourth-order valence-corrected chi connectivity index (χ4v) is 7.76. The number of rotatable bonds is 5. The van der Waals surface area contributed by atoms with Crippen molar-refractivity contribution in [2.45, 2.75) is 70.4 Å². The molecule has 0 radical (unpaired) electrons. The number of nitrogens with one attached hydrogen (secondary N) is 1. The van der Waals surface area contributed by atoms with Gasteiger partial charge in [0.25, 0.3) is 0 Å². The maximum atomic E-state index is 12.0. The molecule has 4 fully saturated rings. The Hall–Kier alpha value is -3.06. The van der Waals surface area contributed by atoms with Gasteiger partial charge in [-0.3, -0.25) is 9.48 Å². The van der Waals surface area contributed by atoms with Crippen LogP contribution < -0.4 is 10.6 Å². The topological polar surface area (TPSA) is 91.2 Å². The Labute approximate surface area is 229 Å². The molecule has 3 heterocycles. The van der Waals surface area contributed by atoms with Crippen LogP contribution in [-0.2, 0) is 4.79 Å². The summed E-state index contributed by atoms with van der Waals surface area (Å²) in [4.78, 5) is 16.4. The van der Waals surface area contributed by atoms with Gasteiger partial charge in [-0.15, -0.1) is 0 Å². The molecule has 3 N–H and O–H groups in total. The van der Waals surface area contributed by atoms with Gasteiger partial charge < -0.3 is 20.9 Å². The maximum absolute atomic E-state index is 12.0. The number of amides is 1. The Morgan fingerprint density at radius 3 is 2.58 bits per heavy atom. The van der Waals surface area contributed by atoms with Gasteiger partial charge in [-0.25, -0.2) is 0 Å². The number of nitrogen functional groups attached to an aromatic ring is 1. The molecule has 1 aromatic carbocycles. The van der Waals surface area contributed by atoms with E-state index in [4.69, 9.17) is 27.8 Å². The van der Waals surface area contributed by atoms with Crippen LogP contribution in [0, 0.1) is 24.7 Å². The SMILES string of the molecule is C=CC(=O)N1CC2(CC(n3nc(N4CCC(=C)CC45CCC5)c(-c4c(Cl)c(C)cc(N)c4C=N)c3C)C2)C1. The van der Waals surface area contributed by atoms with Crippen molar-refractivity contribution in [2.24, 2.45) is 5.41 Å². The minimum absolute atomic E-state index is 0.0160. The van der Waals surface area contributed by atoms with Gasteiger partial charge in [0.2, 0.25) is 5.91 Å². The molecule has 1 aromatic heterocycles. The number of aryl methyl sites for hydroxylation is 1. The number of hydrogen-bond acceptors (Lipinski definition) is 5. The van der Waals surface area contributed by atoms with Crippen molar-refractivity contribution in [3.63, 3.8) is 0 Å². The summed E-state index contributed by atoms with van der Waals surface area (Å²) in [6.07, 6.45) is 10.2. The Morgan fingerprint density at radius 2 is 1.97 bits per heavy atom. The Kier molecular flexibility index (Phi) is 5.80. The van der Waals surface area contributed by atoms with Crippen LogP contribution in [-0.4, -0.2) is 52.0 Å².